The zero-order valence-corrected chi connectivity index (χ0v) is 8.97. The van der Waals surface area contributed by atoms with E-state index in [1.807, 2.05) is 13.8 Å². The van der Waals surface area contributed by atoms with E-state index >= 15 is 0 Å². The minimum absolute atomic E-state index is 0.0457. The van der Waals surface area contributed by atoms with Crippen LogP contribution in [0.3, 0.4) is 0 Å². The molecule has 0 aliphatic rings. The molecule has 0 heterocycles. The molecule has 13 heavy (non-hydrogen) atoms. The third-order valence-electron chi connectivity index (χ3n) is 2.16. The van der Waals surface area contributed by atoms with Gasteiger partial charge in [0.15, 0.2) is 0 Å². The molecule has 0 aromatic carbocycles. The zero-order valence-electron chi connectivity index (χ0n) is 8.97. The quantitative estimate of drug-likeness (QED) is 0.656. The van der Waals surface area contributed by atoms with Crippen LogP contribution in [0.2, 0.25) is 0 Å². The van der Waals surface area contributed by atoms with Crippen LogP contribution >= 0.6 is 0 Å². The van der Waals surface area contributed by atoms with E-state index in [0.717, 1.165) is 19.3 Å². The monoisotopic (exact) mass is 186 g/mol. The van der Waals surface area contributed by atoms with Gasteiger partial charge in [-0.15, -0.1) is 0 Å². The van der Waals surface area contributed by atoms with E-state index in [-0.39, 0.29) is 17.9 Å². The van der Waals surface area contributed by atoms with E-state index < -0.39 is 0 Å². The van der Waals surface area contributed by atoms with Gasteiger partial charge < -0.3 is 11.1 Å². The molecule has 0 rings (SSSR count). The maximum Gasteiger partial charge on any atom is 0.223 e. The van der Waals surface area contributed by atoms with Crippen LogP contribution in [-0.4, -0.2) is 18.5 Å². The number of nitrogens with one attached hydrogen (secondary N) is 1. The van der Waals surface area contributed by atoms with Crippen molar-refractivity contribution in [2.24, 2.45) is 11.7 Å². The lowest BCUT2D eigenvalue weighted by molar-refractivity contribution is -0.125. The Kier molecular flexibility index (Phi) is 6.59. The van der Waals surface area contributed by atoms with Crippen LogP contribution < -0.4 is 11.1 Å². The van der Waals surface area contributed by atoms with Crippen LogP contribution in [0.25, 0.3) is 0 Å². The van der Waals surface area contributed by atoms with Gasteiger partial charge in [0.2, 0.25) is 5.91 Å². The van der Waals surface area contributed by atoms with E-state index in [0.29, 0.717) is 6.54 Å². The van der Waals surface area contributed by atoms with Crippen molar-refractivity contribution in [1.82, 2.24) is 5.32 Å². The predicted octanol–water partition coefficient (Wildman–Crippen LogP) is 1.28. The van der Waals surface area contributed by atoms with Gasteiger partial charge in [-0.2, -0.15) is 0 Å². The molecule has 1 amide bonds. The summed E-state index contributed by atoms with van der Waals surface area (Å²) in [7, 11) is 0. The van der Waals surface area contributed by atoms with Crippen molar-refractivity contribution in [2.75, 3.05) is 6.54 Å². The lowest BCUT2D eigenvalue weighted by atomic mass is 10.1. The van der Waals surface area contributed by atoms with Gasteiger partial charge in [0.25, 0.3) is 0 Å². The fraction of sp³-hybridized carbons (Fsp3) is 0.900. The molecular formula is C10H22N2O. The number of nitrogens with two attached hydrogens (primary N) is 1. The molecule has 0 aliphatic heterocycles. The highest BCUT2D eigenvalue weighted by Crippen LogP contribution is 2.02. The second-order valence-electron chi connectivity index (χ2n) is 3.68. The van der Waals surface area contributed by atoms with Crippen molar-refractivity contribution in [3.8, 4) is 0 Å². The molecule has 0 saturated heterocycles. The lowest BCUT2D eigenvalue weighted by Crippen LogP contribution is -2.36. The van der Waals surface area contributed by atoms with Gasteiger partial charge in [-0.25, -0.2) is 0 Å². The largest absolute Gasteiger partial charge is 0.353 e. The van der Waals surface area contributed by atoms with Gasteiger partial charge in [-0.05, 0) is 26.3 Å². The molecule has 0 saturated carbocycles. The van der Waals surface area contributed by atoms with E-state index in [1.54, 1.807) is 0 Å². The van der Waals surface area contributed by atoms with Crippen molar-refractivity contribution < 1.29 is 4.79 Å². The van der Waals surface area contributed by atoms with Crippen LogP contribution in [0.5, 0.6) is 0 Å². The third kappa shape index (κ3) is 5.64. The third-order valence-corrected chi connectivity index (χ3v) is 2.16. The zero-order chi connectivity index (χ0) is 10.3. The number of hydrogen-bond donors (Lipinski definition) is 2. The molecule has 2 atom stereocenters. The maximum absolute atomic E-state index is 11.5. The minimum Gasteiger partial charge on any atom is -0.353 e. The summed E-state index contributed by atoms with van der Waals surface area (Å²) in [6, 6.07) is 0.290. The maximum atomic E-state index is 11.5. The second-order valence-corrected chi connectivity index (χ2v) is 3.68. The van der Waals surface area contributed by atoms with E-state index in [9.17, 15) is 4.79 Å². The standard InChI is InChI=1S/C10H22N2O/c1-4-5-9(3)12-10(13)8(2)6-7-11/h8-9H,4-7,11H2,1-3H3,(H,12,13). The molecule has 0 aromatic rings. The van der Waals surface area contributed by atoms with E-state index in [4.69, 9.17) is 5.73 Å². The summed E-state index contributed by atoms with van der Waals surface area (Å²) >= 11 is 0. The fourth-order valence-corrected chi connectivity index (χ4v) is 1.27. The molecule has 0 radical (unpaired) electrons. The molecule has 0 aromatic heterocycles. The van der Waals surface area contributed by atoms with Gasteiger partial charge in [0.1, 0.15) is 0 Å². The highest BCUT2D eigenvalue weighted by atomic mass is 16.1. The van der Waals surface area contributed by atoms with Gasteiger partial charge >= 0.3 is 0 Å². The normalized spacial score (nSPS) is 15.1. The Hall–Kier alpha value is -0.570. The van der Waals surface area contributed by atoms with Crippen molar-refractivity contribution in [3.05, 3.63) is 0 Å². The molecule has 78 valence electrons. The molecule has 0 bridgehead atoms. The minimum atomic E-state index is 0.0457. The Balaban J connectivity index is 3.71. The summed E-state index contributed by atoms with van der Waals surface area (Å²) in [5.41, 5.74) is 5.38. The summed E-state index contributed by atoms with van der Waals surface area (Å²) in [6.45, 7) is 6.65. The first-order valence-electron chi connectivity index (χ1n) is 5.12. The van der Waals surface area contributed by atoms with Gasteiger partial charge in [0, 0.05) is 12.0 Å². The molecule has 2 unspecified atom stereocenters. The Morgan fingerprint density at radius 2 is 2.00 bits per heavy atom. The summed E-state index contributed by atoms with van der Waals surface area (Å²) in [4.78, 5) is 11.5. The van der Waals surface area contributed by atoms with E-state index in [1.165, 1.54) is 0 Å². The average molecular weight is 186 g/mol. The van der Waals surface area contributed by atoms with Gasteiger partial charge in [-0.1, -0.05) is 20.3 Å². The molecule has 0 aliphatic carbocycles. The van der Waals surface area contributed by atoms with Crippen LogP contribution in [-0.2, 0) is 4.79 Å². The van der Waals surface area contributed by atoms with Crippen molar-refractivity contribution in [1.29, 1.82) is 0 Å². The number of hydrogen-bond acceptors (Lipinski definition) is 2. The number of rotatable bonds is 6. The molecular weight excluding hydrogens is 164 g/mol. The Bertz CT molecular complexity index is 148. The van der Waals surface area contributed by atoms with Crippen molar-refractivity contribution in [3.63, 3.8) is 0 Å². The highest BCUT2D eigenvalue weighted by molar-refractivity contribution is 5.78. The van der Waals surface area contributed by atoms with Crippen LogP contribution in [0, 0.1) is 5.92 Å². The lowest BCUT2D eigenvalue weighted by Gasteiger charge is -2.16. The summed E-state index contributed by atoms with van der Waals surface area (Å²) < 4.78 is 0. The highest BCUT2D eigenvalue weighted by Gasteiger charge is 2.13. The van der Waals surface area contributed by atoms with Crippen molar-refractivity contribution in [2.45, 2.75) is 46.1 Å². The SMILES string of the molecule is CCCC(C)NC(=O)C(C)CCN. The van der Waals surface area contributed by atoms with Crippen molar-refractivity contribution >= 4 is 5.91 Å². The first kappa shape index (κ1) is 12.4. The van der Waals surface area contributed by atoms with Crippen LogP contribution in [0.15, 0.2) is 0 Å². The van der Waals surface area contributed by atoms with Crippen LogP contribution in [0.1, 0.15) is 40.0 Å². The molecule has 3 N–H and O–H groups in total. The molecule has 0 fully saturated rings. The average Bonchev–Trinajstić information content (AvgIpc) is 2.05. The summed E-state index contributed by atoms with van der Waals surface area (Å²) in [6.07, 6.45) is 2.92. The summed E-state index contributed by atoms with van der Waals surface area (Å²) in [5, 5.41) is 2.97. The number of amides is 1. The smallest absolute Gasteiger partial charge is 0.223 e. The Morgan fingerprint density at radius 1 is 1.38 bits per heavy atom. The molecule has 3 heteroatoms. The number of carbonyl (C=O) groups excluding carboxylic acids is 1. The van der Waals surface area contributed by atoms with Crippen LogP contribution in [0.4, 0.5) is 0 Å². The molecule has 0 spiro atoms. The Morgan fingerprint density at radius 3 is 2.46 bits per heavy atom. The first-order valence-corrected chi connectivity index (χ1v) is 5.12. The van der Waals surface area contributed by atoms with Gasteiger partial charge in [-0.3, -0.25) is 4.79 Å². The molecule has 3 nitrogen and oxygen atoms in total. The number of carbonyl (C=O) groups is 1. The van der Waals surface area contributed by atoms with E-state index in [2.05, 4.69) is 12.2 Å². The Labute approximate surface area is 81.1 Å². The topological polar surface area (TPSA) is 55.1 Å². The summed E-state index contributed by atoms with van der Waals surface area (Å²) in [5.74, 6) is 0.177. The second kappa shape index (κ2) is 6.89. The predicted molar refractivity (Wildman–Crippen MR) is 55.3 cm³/mol. The van der Waals surface area contributed by atoms with Gasteiger partial charge in [0.05, 0.1) is 0 Å². The first-order chi connectivity index (χ1) is 6.11. The fourth-order valence-electron chi connectivity index (χ4n) is 1.27.